The minimum absolute atomic E-state index is 0.124. The van der Waals surface area contributed by atoms with Crippen LogP contribution in [0.4, 0.5) is 5.69 Å². The van der Waals surface area contributed by atoms with Gasteiger partial charge in [0.15, 0.2) is 0 Å². The SMILES string of the molecule is CCNC(=O)[C@@H](C)N(Cc1cccc(OC)c1)C(=O)CN(c1cc(C)cc(C)c1)S(C)(=O)=O. The molecule has 1 N–H and O–H groups in total. The summed E-state index contributed by atoms with van der Waals surface area (Å²) in [7, 11) is -2.21. The van der Waals surface area contributed by atoms with Crippen LogP contribution in [0.1, 0.15) is 30.5 Å². The summed E-state index contributed by atoms with van der Waals surface area (Å²) in [5.41, 5.74) is 2.94. The van der Waals surface area contributed by atoms with Gasteiger partial charge in [-0.25, -0.2) is 8.42 Å². The third-order valence-corrected chi connectivity index (χ3v) is 6.32. The normalized spacial score (nSPS) is 12.1. The number of anilines is 1. The molecule has 2 amide bonds. The number of amides is 2. The molecule has 0 unspecified atom stereocenters. The number of carbonyl (C=O) groups is 2. The van der Waals surface area contributed by atoms with Crippen LogP contribution in [-0.4, -0.2) is 57.6 Å². The van der Waals surface area contributed by atoms with Crippen molar-refractivity contribution in [1.82, 2.24) is 10.2 Å². The van der Waals surface area contributed by atoms with Gasteiger partial charge in [0.05, 0.1) is 19.1 Å². The first-order valence-corrected chi connectivity index (χ1v) is 12.6. The van der Waals surface area contributed by atoms with Crippen LogP contribution in [0, 0.1) is 13.8 Å². The number of sulfonamides is 1. The molecule has 180 valence electrons. The predicted molar refractivity (Wildman–Crippen MR) is 130 cm³/mol. The molecule has 8 nitrogen and oxygen atoms in total. The fourth-order valence-corrected chi connectivity index (χ4v) is 4.41. The maximum Gasteiger partial charge on any atom is 0.244 e. The third-order valence-electron chi connectivity index (χ3n) is 5.18. The number of carbonyl (C=O) groups excluding carboxylic acids is 2. The maximum absolute atomic E-state index is 13.5. The van der Waals surface area contributed by atoms with Gasteiger partial charge in [0.2, 0.25) is 21.8 Å². The van der Waals surface area contributed by atoms with Gasteiger partial charge in [-0.15, -0.1) is 0 Å². The van der Waals surface area contributed by atoms with E-state index in [1.165, 1.54) is 4.90 Å². The molecule has 33 heavy (non-hydrogen) atoms. The Hall–Kier alpha value is -3.07. The Bertz CT molecular complexity index is 1080. The standard InChI is InChI=1S/C24H33N3O5S/c1-7-25-24(29)19(4)26(15-20-9-8-10-22(14-20)32-5)23(28)16-27(33(6,30)31)21-12-17(2)11-18(3)13-21/h8-14,19H,7,15-16H2,1-6H3,(H,25,29)/t19-/m1/s1. The number of nitrogens with zero attached hydrogens (tertiary/aromatic N) is 2. The molecule has 9 heteroatoms. The molecule has 0 fully saturated rings. The first-order chi connectivity index (χ1) is 15.5. The summed E-state index contributed by atoms with van der Waals surface area (Å²) in [6, 6.07) is 11.8. The molecule has 0 radical (unpaired) electrons. The van der Waals surface area contributed by atoms with E-state index in [0.29, 0.717) is 18.0 Å². The highest BCUT2D eigenvalue weighted by Gasteiger charge is 2.30. The summed E-state index contributed by atoms with van der Waals surface area (Å²) < 4.78 is 31.6. The summed E-state index contributed by atoms with van der Waals surface area (Å²) in [6.45, 7) is 7.28. The molecular weight excluding hydrogens is 442 g/mol. The summed E-state index contributed by atoms with van der Waals surface area (Å²) in [4.78, 5) is 27.4. The fraction of sp³-hybridized carbons (Fsp3) is 0.417. The zero-order valence-electron chi connectivity index (χ0n) is 20.1. The average molecular weight is 476 g/mol. The number of aryl methyl sites for hydroxylation is 2. The molecule has 0 spiro atoms. The molecule has 0 aliphatic heterocycles. The molecule has 2 aromatic rings. The molecule has 0 aliphatic carbocycles. The van der Waals surface area contributed by atoms with Crippen LogP contribution in [0.15, 0.2) is 42.5 Å². The van der Waals surface area contributed by atoms with Crippen LogP contribution in [0.5, 0.6) is 5.75 Å². The number of likely N-dealkylation sites (N-methyl/N-ethyl adjacent to an activating group) is 1. The smallest absolute Gasteiger partial charge is 0.244 e. The number of hydrogen-bond acceptors (Lipinski definition) is 5. The molecular formula is C24H33N3O5S. The van der Waals surface area contributed by atoms with E-state index in [4.69, 9.17) is 4.74 Å². The van der Waals surface area contributed by atoms with Gasteiger partial charge in [-0.2, -0.15) is 0 Å². The van der Waals surface area contributed by atoms with Crippen molar-refractivity contribution in [3.63, 3.8) is 0 Å². The van der Waals surface area contributed by atoms with E-state index in [1.54, 1.807) is 51.3 Å². The monoisotopic (exact) mass is 475 g/mol. The summed E-state index contributed by atoms with van der Waals surface area (Å²) in [6.07, 6.45) is 1.07. The molecule has 0 aliphatic rings. The molecule has 2 rings (SSSR count). The quantitative estimate of drug-likeness (QED) is 0.570. The van der Waals surface area contributed by atoms with Crippen LogP contribution in [0.25, 0.3) is 0 Å². The van der Waals surface area contributed by atoms with Gasteiger partial charge in [0, 0.05) is 13.1 Å². The second kappa shape index (κ2) is 11.2. The fourth-order valence-electron chi connectivity index (χ4n) is 3.58. The lowest BCUT2D eigenvalue weighted by atomic mass is 10.1. The second-order valence-electron chi connectivity index (χ2n) is 8.06. The molecule has 0 aromatic heterocycles. The van der Waals surface area contributed by atoms with E-state index in [9.17, 15) is 18.0 Å². The van der Waals surface area contributed by atoms with Crippen molar-refractivity contribution >= 4 is 27.5 Å². The zero-order chi connectivity index (χ0) is 24.8. The van der Waals surface area contributed by atoms with E-state index in [-0.39, 0.29) is 12.5 Å². The molecule has 0 saturated heterocycles. The van der Waals surface area contributed by atoms with Gasteiger partial charge < -0.3 is 15.0 Å². The molecule has 2 aromatic carbocycles. The summed E-state index contributed by atoms with van der Waals surface area (Å²) >= 11 is 0. The summed E-state index contributed by atoms with van der Waals surface area (Å²) in [5.74, 6) is -0.175. The van der Waals surface area contributed by atoms with Gasteiger partial charge in [-0.05, 0) is 68.7 Å². The van der Waals surface area contributed by atoms with Gasteiger partial charge in [0.1, 0.15) is 18.3 Å². The number of hydrogen-bond donors (Lipinski definition) is 1. The highest BCUT2D eigenvalue weighted by molar-refractivity contribution is 7.92. The van der Waals surface area contributed by atoms with Crippen LogP contribution < -0.4 is 14.4 Å². The number of rotatable bonds is 10. The average Bonchev–Trinajstić information content (AvgIpc) is 2.74. The van der Waals surface area contributed by atoms with Gasteiger partial charge in [-0.3, -0.25) is 13.9 Å². The third kappa shape index (κ3) is 7.21. The van der Waals surface area contributed by atoms with Gasteiger partial charge in [-0.1, -0.05) is 18.2 Å². The van der Waals surface area contributed by atoms with Crippen molar-refractivity contribution in [2.75, 3.05) is 30.8 Å². The van der Waals surface area contributed by atoms with E-state index in [2.05, 4.69) is 5.32 Å². The van der Waals surface area contributed by atoms with E-state index >= 15 is 0 Å². The predicted octanol–water partition coefficient (Wildman–Crippen LogP) is 2.63. The lowest BCUT2D eigenvalue weighted by Gasteiger charge is -2.31. The Morgan fingerprint density at radius 3 is 2.27 bits per heavy atom. The molecule has 0 bridgehead atoms. The van der Waals surface area contributed by atoms with E-state index in [1.807, 2.05) is 26.0 Å². The maximum atomic E-state index is 13.5. The summed E-state index contributed by atoms with van der Waals surface area (Å²) in [5, 5.41) is 2.73. The van der Waals surface area contributed by atoms with Crippen LogP contribution in [0.3, 0.4) is 0 Å². The number of methoxy groups -OCH3 is 1. The van der Waals surface area contributed by atoms with Crippen molar-refractivity contribution < 1.29 is 22.7 Å². The minimum atomic E-state index is -3.75. The molecule has 1 atom stereocenters. The Morgan fingerprint density at radius 1 is 1.09 bits per heavy atom. The molecule has 0 saturated carbocycles. The van der Waals surface area contributed by atoms with Gasteiger partial charge >= 0.3 is 0 Å². The van der Waals surface area contributed by atoms with Crippen molar-refractivity contribution in [2.24, 2.45) is 0 Å². The van der Waals surface area contributed by atoms with Crippen LogP contribution >= 0.6 is 0 Å². The Balaban J connectivity index is 2.42. The lowest BCUT2D eigenvalue weighted by Crippen LogP contribution is -2.51. The Labute approximate surface area is 196 Å². The Kier molecular flexibility index (Phi) is 8.87. The van der Waals surface area contributed by atoms with Crippen molar-refractivity contribution in [1.29, 1.82) is 0 Å². The first-order valence-electron chi connectivity index (χ1n) is 10.7. The van der Waals surface area contributed by atoms with Crippen molar-refractivity contribution in [3.8, 4) is 5.75 Å². The van der Waals surface area contributed by atoms with Crippen LogP contribution in [0.2, 0.25) is 0 Å². The number of benzene rings is 2. The highest BCUT2D eigenvalue weighted by atomic mass is 32.2. The number of nitrogens with one attached hydrogen (secondary N) is 1. The van der Waals surface area contributed by atoms with Crippen molar-refractivity contribution in [2.45, 2.75) is 40.3 Å². The highest BCUT2D eigenvalue weighted by Crippen LogP contribution is 2.22. The Morgan fingerprint density at radius 2 is 1.73 bits per heavy atom. The van der Waals surface area contributed by atoms with Crippen molar-refractivity contribution in [3.05, 3.63) is 59.2 Å². The minimum Gasteiger partial charge on any atom is -0.497 e. The van der Waals surface area contributed by atoms with E-state index < -0.39 is 28.5 Å². The largest absolute Gasteiger partial charge is 0.497 e. The zero-order valence-corrected chi connectivity index (χ0v) is 20.9. The lowest BCUT2D eigenvalue weighted by molar-refractivity contribution is -0.139. The van der Waals surface area contributed by atoms with Gasteiger partial charge in [0.25, 0.3) is 0 Å². The number of ether oxygens (including phenoxy) is 1. The van der Waals surface area contributed by atoms with E-state index in [0.717, 1.165) is 27.3 Å². The second-order valence-corrected chi connectivity index (χ2v) is 9.97. The molecule has 0 heterocycles. The topological polar surface area (TPSA) is 96.0 Å². The first kappa shape index (κ1) is 26.2. The van der Waals surface area contributed by atoms with Crippen LogP contribution in [-0.2, 0) is 26.2 Å².